The quantitative estimate of drug-likeness (QED) is 0.849. The molecule has 2 N–H and O–H groups in total. The molecule has 122 valence electrons. The number of nitrogens with two attached hydrogens (primary N) is 1. The van der Waals surface area contributed by atoms with Crippen molar-refractivity contribution in [2.24, 2.45) is 23.5 Å². The van der Waals surface area contributed by atoms with E-state index >= 15 is 0 Å². The zero-order valence-corrected chi connectivity index (χ0v) is 14.4. The highest BCUT2D eigenvalue weighted by molar-refractivity contribution is 5.03. The molecule has 5 atom stereocenters. The third-order valence-electron chi connectivity index (χ3n) is 7.07. The fourth-order valence-electron chi connectivity index (χ4n) is 5.64. The maximum absolute atomic E-state index is 6.35. The molecule has 0 bridgehead atoms. The Morgan fingerprint density at radius 3 is 2.67 bits per heavy atom. The molecule has 1 saturated carbocycles. The molecule has 0 spiro atoms. The van der Waals surface area contributed by atoms with E-state index in [1.54, 1.807) is 0 Å². The minimum absolute atomic E-state index is 0.299. The highest BCUT2D eigenvalue weighted by atomic mass is 15.3. The van der Waals surface area contributed by atoms with Gasteiger partial charge in [-0.15, -0.1) is 0 Å². The van der Waals surface area contributed by atoms with E-state index in [2.05, 4.69) is 30.7 Å². The predicted molar refractivity (Wildman–Crippen MR) is 89.3 cm³/mol. The second-order valence-electron chi connectivity index (χ2n) is 8.27. The monoisotopic (exact) mass is 293 g/mol. The van der Waals surface area contributed by atoms with Gasteiger partial charge in [-0.1, -0.05) is 13.8 Å². The fourth-order valence-corrected chi connectivity index (χ4v) is 5.64. The van der Waals surface area contributed by atoms with Crippen molar-refractivity contribution in [3.05, 3.63) is 0 Å². The number of fused-ring (bicyclic) bond motifs is 1. The first kappa shape index (κ1) is 15.8. The lowest BCUT2D eigenvalue weighted by Gasteiger charge is -2.56. The number of nitrogens with zero attached hydrogens (tertiary/aromatic N) is 2. The molecule has 0 amide bonds. The second kappa shape index (κ2) is 6.17. The van der Waals surface area contributed by atoms with Gasteiger partial charge in [0, 0.05) is 31.2 Å². The zero-order valence-electron chi connectivity index (χ0n) is 14.4. The molecule has 0 radical (unpaired) electrons. The summed E-state index contributed by atoms with van der Waals surface area (Å²) in [7, 11) is 2.33. The average Bonchev–Trinajstić information content (AvgIpc) is 2.48. The number of piperidine rings is 2. The van der Waals surface area contributed by atoms with Gasteiger partial charge in [-0.2, -0.15) is 0 Å². The second-order valence-corrected chi connectivity index (χ2v) is 8.27. The minimum Gasteiger partial charge on any atom is -0.329 e. The summed E-state index contributed by atoms with van der Waals surface area (Å²) >= 11 is 0. The van der Waals surface area contributed by atoms with Gasteiger partial charge in [-0.05, 0) is 69.9 Å². The molecule has 2 saturated heterocycles. The average molecular weight is 293 g/mol. The molecule has 0 aromatic carbocycles. The van der Waals surface area contributed by atoms with Gasteiger partial charge < -0.3 is 10.6 Å². The van der Waals surface area contributed by atoms with Crippen molar-refractivity contribution in [2.45, 2.75) is 64.0 Å². The van der Waals surface area contributed by atoms with Crippen molar-refractivity contribution in [2.75, 3.05) is 33.2 Å². The normalized spacial score (nSPS) is 46.3. The van der Waals surface area contributed by atoms with Gasteiger partial charge in [0.05, 0.1) is 0 Å². The highest BCUT2D eigenvalue weighted by Crippen LogP contribution is 2.43. The summed E-state index contributed by atoms with van der Waals surface area (Å²) in [5.41, 5.74) is 6.65. The topological polar surface area (TPSA) is 32.5 Å². The van der Waals surface area contributed by atoms with E-state index in [1.165, 1.54) is 58.2 Å². The van der Waals surface area contributed by atoms with Crippen molar-refractivity contribution < 1.29 is 0 Å². The standard InChI is InChI=1S/C18H35N3/c1-14-6-8-18(13-19,15(2)11-14)21-10-7-17-16(12-21)5-4-9-20(17)3/h14-17H,4-13,19H2,1-3H3. The summed E-state index contributed by atoms with van der Waals surface area (Å²) in [4.78, 5) is 5.44. The Morgan fingerprint density at radius 2 is 1.95 bits per heavy atom. The lowest BCUT2D eigenvalue weighted by Crippen LogP contribution is -2.65. The molecular weight excluding hydrogens is 258 g/mol. The Bertz CT molecular complexity index is 358. The highest BCUT2D eigenvalue weighted by Gasteiger charge is 2.47. The van der Waals surface area contributed by atoms with Crippen LogP contribution in [0.1, 0.15) is 52.4 Å². The molecule has 3 nitrogen and oxygen atoms in total. The first-order chi connectivity index (χ1) is 10.1. The summed E-state index contributed by atoms with van der Waals surface area (Å²) in [6, 6.07) is 0.836. The number of likely N-dealkylation sites (tertiary alicyclic amines) is 2. The Kier molecular flexibility index (Phi) is 4.63. The summed E-state index contributed by atoms with van der Waals surface area (Å²) in [6.45, 7) is 9.60. The SMILES string of the molecule is CC1CCC(CN)(N2CCC3C(CCCN3C)C2)C(C)C1. The van der Waals surface area contributed by atoms with E-state index < -0.39 is 0 Å². The van der Waals surface area contributed by atoms with Crippen LogP contribution in [0.2, 0.25) is 0 Å². The molecule has 0 aromatic rings. The van der Waals surface area contributed by atoms with Crippen LogP contribution in [0.3, 0.4) is 0 Å². The molecule has 1 aliphatic carbocycles. The summed E-state index contributed by atoms with van der Waals surface area (Å²) in [6.07, 6.45) is 8.21. The Morgan fingerprint density at radius 1 is 1.14 bits per heavy atom. The molecule has 5 unspecified atom stereocenters. The molecule has 2 aliphatic heterocycles. The van der Waals surface area contributed by atoms with Crippen LogP contribution in [0.15, 0.2) is 0 Å². The van der Waals surface area contributed by atoms with E-state index in [9.17, 15) is 0 Å². The molecule has 3 heteroatoms. The third kappa shape index (κ3) is 2.77. The van der Waals surface area contributed by atoms with E-state index in [-0.39, 0.29) is 0 Å². The van der Waals surface area contributed by atoms with Crippen LogP contribution in [0.5, 0.6) is 0 Å². The Labute approximate surface area is 131 Å². The lowest BCUT2D eigenvalue weighted by molar-refractivity contribution is -0.0565. The van der Waals surface area contributed by atoms with Gasteiger partial charge in [0.15, 0.2) is 0 Å². The van der Waals surface area contributed by atoms with Crippen LogP contribution in [0, 0.1) is 17.8 Å². The van der Waals surface area contributed by atoms with E-state index in [1.807, 2.05) is 0 Å². The first-order valence-corrected chi connectivity index (χ1v) is 9.22. The van der Waals surface area contributed by atoms with Gasteiger partial charge in [0.25, 0.3) is 0 Å². The maximum Gasteiger partial charge on any atom is 0.0357 e. The fraction of sp³-hybridized carbons (Fsp3) is 1.00. The largest absolute Gasteiger partial charge is 0.329 e. The minimum atomic E-state index is 0.299. The Balaban J connectivity index is 1.73. The van der Waals surface area contributed by atoms with Crippen LogP contribution in [-0.4, -0.2) is 54.6 Å². The molecular formula is C18H35N3. The number of hydrogen-bond acceptors (Lipinski definition) is 3. The molecule has 3 fully saturated rings. The van der Waals surface area contributed by atoms with E-state index in [0.717, 1.165) is 30.3 Å². The first-order valence-electron chi connectivity index (χ1n) is 9.22. The summed E-state index contributed by atoms with van der Waals surface area (Å²) in [5.74, 6) is 2.52. The summed E-state index contributed by atoms with van der Waals surface area (Å²) in [5, 5.41) is 0. The molecule has 0 aromatic heterocycles. The van der Waals surface area contributed by atoms with Crippen molar-refractivity contribution in [3.63, 3.8) is 0 Å². The number of hydrogen-bond donors (Lipinski definition) is 1. The van der Waals surface area contributed by atoms with Gasteiger partial charge in [0.1, 0.15) is 0 Å². The van der Waals surface area contributed by atoms with Crippen molar-refractivity contribution in [3.8, 4) is 0 Å². The van der Waals surface area contributed by atoms with Crippen molar-refractivity contribution >= 4 is 0 Å². The number of rotatable bonds is 2. The predicted octanol–water partition coefficient (Wildman–Crippen LogP) is 2.56. The smallest absolute Gasteiger partial charge is 0.0357 e. The van der Waals surface area contributed by atoms with Gasteiger partial charge in [0.2, 0.25) is 0 Å². The van der Waals surface area contributed by atoms with Crippen LogP contribution < -0.4 is 5.73 Å². The lowest BCUT2D eigenvalue weighted by atomic mass is 9.67. The van der Waals surface area contributed by atoms with E-state index in [0.29, 0.717) is 5.54 Å². The van der Waals surface area contributed by atoms with Crippen molar-refractivity contribution in [1.82, 2.24) is 9.80 Å². The maximum atomic E-state index is 6.35. The molecule has 3 aliphatic rings. The van der Waals surface area contributed by atoms with Crippen LogP contribution in [0.4, 0.5) is 0 Å². The third-order valence-corrected chi connectivity index (χ3v) is 7.07. The van der Waals surface area contributed by atoms with Crippen LogP contribution in [0.25, 0.3) is 0 Å². The van der Waals surface area contributed by atoms with Crippen LogP contribution >= 0.6 is 0 Å². The summed E-state index contributed by atoms with van der Waals surface area (Å²) < 4.78 is 0. The zero-order chi connectivity index (χ0) is 15.0. The van der Waals surface area contributed by atoms with Gasteiger partial charge in [-0.3, -0.25) is 4.90 Å². The molecule has 2 heterocycles. The molecule has 21 heavy (non-hydrogen) atoms. The molecule has 3 rings (SSSR count). The Hall–Kier alpha value is -0.120. The van der Waals surface area contributed by atoms with Crippen LogP contribution in [-0.2, 0) is 0 Å². The van der Waals surface area contributed by atoms with E-state index in [4.69, 9.17) is 5.73 Å². The van der Waals surface area contributed by atoms with Gasteiger partial charge in [-0.25, -0.2) is 0 Å². The van der Waals surface area contributed by atoms with Crippen molar-refractivity contribution in [1.29, 1.82) is 0 Å². The van der Waals surface area contributed by atoms with Gasteiger partial charge >= 0.3 is 0 Å².